The Morgan fingerprint density at radius 1 is 1.33 bits per heavy atom. The molecule has 0 fully saturated rings. The minimum Gasteiger partial charge on any atom is -0.316 e. The average Bonchev–Trinajstić information content (AvgIpc) is 2.26. The third-order valence-electron chi connectivity index (χ3n) is 2.43. The smallest absolute Gasteiger partial charge is 0.120 e. The third-order valence-corrected chi connectivity index (χ3v) is 2.43. The lowest BCUT2D eigenvalue weighted by Crippen LogP contribution is -2.40. The Morgan fingerprint density at radius 3 is 2.20 bits per heavy atom. The van der Waals surface area contributed by atoms with E-state index in [-0.39, 0.29) is 0 Å². The summed E-state index contributed by atoms with van der Waals surface area (Å²) in [5.74, 6) is 0. The number of nitrogens with one attached hydrogen (secondary N) is 1. The topological polar surface area (TPSA) is 32.3 Å². The molecular formula is C12H28N2O. The Bertz CT molecular complexity index is 138. The summed E-state index contributed by atoms with van der Waals surface area (Å²) >= 11 is 0. The number of nitrogens with zero attached hydrogens (tertiary/aromatic N) is 1. The molecule has 0 spiro atoms. The summed E-state index contributed by atoms with van der Waals surface area (Å²) in [5.41, 5.74) is 0. The zero-order chi connectivity index (χ0) is 12.3. The lowest BCUT2D eigenvalue weighted by molar-refractivity contribution is -0.108. The first-order valence-electron chi connectivity index (χ1n) is 5.93. The van der Waals surface area contributed by atoms with Crippen molar-refractivity contribution in [3.63, 3.8) is 0 Å². The summed E-state index contributed by atoms with van der Waals surface area (Å²) in [7, 11) is 4.06. The summed E-state index contributed by atoms with van der Waals surface area (Å²) in [5, 5.41) is 3.22. The van der Waals surface area contributed by atoms with Crippen LogP contribution in [-0.4, -0.2) is 43.9 Å². The maximum Gasteiger partial charge on any atom is 0.120 e. The van der Waals surface area contributed by atoms with Gasteiger partial charge in [0.2, 0.25) is 0 Å². The van der Waals surface area contributed by atoms with Crippen molar-refractivity contribution in [1.29, 1.82) is 0 Å². The number of aldehydes is 1. The number of rotatable bonds is 7. The average molecular weight is 216 g/mol. The van der Waals surface area contributed by atoms with Crippen LogP contribution in [0.1, 0.15) is 40.5 Å². The minimum atomic E-state index is 0.428. The van der Waals surface area contributed by atoms with Crippen LogP contribution in [0.15, 0.2) is 0 Å². The summed E-state index contributed by atoms with van der Waals surface area (Å²) in [6.07, 6.45) is 2.56. The second-order valence-corrected chi connectivity index (χ2v) is 3.76. The van der Waals surface area contributed by atoms with Gasteiger partial charge in [-0.25, -0.2) is 0 Å². The Labute approximate surface area is 95.2 Å². The highest BCUT2D eigenvalue weighted by Gasteiger charge is 2.10. The van der Waals surface area contributed by atoms with Gasteiger partial charge >= 0.3 is 0 Å². The van der Waals surface area contributed by atoms with Gasteiger partial charge in [0.15, 0.2) is 0 Å². The molecule has 15 heavy (non-hydrogen) atoms. The largest absolute Gasteiger partial charge is 0.316 e. The van der Waals surface area contributed by atoms with Crippen molar-refractivity contribution >= 4 is 6.29 Å². The molecule has 0 aliphatic heterocycles. The van der Waals surface area contributed by atoms with Crippen LogP contribution in [0.2, 0.25) is 0 Å². The van der Waals surface area contributed by atoms with Crippen molar-refractivity contribution in [2.45, 2.75) is 52.6 Å². The first kappa shape index (κ1) is 17.0. The van der Waals surface area contributed by atoms with E-state index in [1.807, 2.05) is 20.9 Å². The van der Waals surface area contributed by atoms with Crippen molar-refractivity contribution in [2.24, 2.45) is 0 Å². The Balaban J connectivity index is 0. The third kappa shape index (κ3) is 9.88. The number of hydrogen-bond donors (Lipinski definition) is 1. The highest BCUT2D eigenvalue weighted by atomic mass is 16.1. The highest BCUT2D eigenvalue weighted by Crippen LogP contribution is 2.00. The standard InChI is InChI=1S/C10H22N2O.C2H6/c1-9(2)12(4)8-10(11-3)6-5-7-13;1-2/h7,9-11H,5-6,8H2,1-4H3;1-2H3. The maximum absolute atomic E-state index is 10.2. The van der Waals surface area contributed by atoms with Crippen LogP contribution < -0.4 is 5.32 Å². The maximum atomic E-state index is 10.2. The molecule has 3 heteroatoms. The molecule has 0 aromatic rings. The summed E-state index contributed by atoms with van der Waals surface area (Å²) in [6.45, 7) is 9.35. The van der Waals surface area contributed by atoms with E-state index < -0.39 is 0 Å². The Morgan fingerprint density at radius 2 is 1.87 bits per heavy atom. The van der Waals surface area contributed by atoms with Crippen molar-refractivity contribution in [1.82, 2.24) is 10.2 Å². The van der Waals surface area contributed by atoms with E-state index in [1.54, 1.807) is 0 Å². The Kier molecular flexibility index (Phi) is 13.2. The van der Waals surface area contributed by atoms with Gasteiger partial charge in [-0.15, -0.1) is 0 Å². The molecule has 0 aliphatic rings. The van der Waals surface area contributed by atoms with Gasteiger partial charge < -0.3 is 15.0 Å². The van der Waals surface area contributed by atoms with Crippen LogP contribution in [0, 0.1) is 0 Å². The molecule has 1 N–H and O–H groups in total. The highest BCUT2D eigenvalue weighted by molar-refractivity contribution is 5.49. The molecule has 0 aliphatic carbocycles. The van der Waals surface area contributed by atoms with E-state index in [9.17, 15) is 4.79 Å². The van der Waals surface area contributed by atoms with Gasteiger partial charge in [-0.2, -0.15) is 0 Å². The van der Waals surface area contributed by atoms with Gasteiger partial charge in [-0.1, -0.05) is 13.8 Å². The van der Waals surface area contributed by atoms with Gasteiger partial charge in [0.25, 0.3) is 0 Å². The van der Waals surface area contributed by atoms with Gasteiger partial charge in [-0.3, -0.25) is 0 Å². The first-order chi connectivity index (χ1) is 7.11. The van der Waals surface area contributed by atoms with E-state index >= 15 is 0 Å². The zero-order valence-electron chi connectivity index (χ0n) is 11.2. The molecule has 0 saturated carbocycles. The number of carbonyl (C=O) groups excluding carboxylic acids is 1. The lowest BCUT2D eigenvalue weighted by atomic mass is 10.1. The Hall–Kier alpha value is -0.410. The summed E-state index contributed by atoms with van der Waals surface area (Å²) in [6, 6.07) is 0.990. The second-order valence-electron chi connectivity index (χ2n) is 3.76. The molecule has 0 rings (SSSR count). The van der Waals surface area contributed by atoms with Crippen LogP contribution in [0.5, 0.6) is 0 Å². The molecule has 0 aromatic carbocycles. The van der Waals surface area contributed by atoms with E-state index in [1.165, 1.54) is 0 Å². The molecule has 0 amide bonds. The van der Waals surface area contributed by atoms with Crippen molar-refractivity contribution in [3.05, 3.63) is 0 Å². The molecule has 0 aromatic heterocycles. The molecule has 92 valence electrons. The van der Waals surface area contributed by atoms with Crippen molar-refractivity contribution in [2.75, 3.05) is 20.6 Å². The van der Waals surface area contributed by atoms with E-state index in [0.29, 0.717) is 18.5 Å². The number of carbonyl (C=O) groups is 1. The van der Waals surface area contributed by atoms with Crippen LogP contribution in [0.25, 0.3) is 0 Å². The zero-order valence-corrected chi connectivity index (χ0v) is 11.2. The molecule has 0 radical (unpaired) electrons. The van der Waals surface area contributed by atoms with Gasteiger partial charge in [-0.05, 0) is 34.4 Å². The monoisotopic (exact) mass is 216 g/mol. The molecular weight excluding hydrogens is 188 g/mol. The molecule has 3 nitrogen and oxygen atoms in total. The fourth-order valence-corrected chi connectivity index (χ4v) is 1.15. The fraction of sp³-hybridized carbons (Fsp3) is 0.917. The molecule has 0 heterocycles. The van der Waals surface area contributed by atoms with Crippen LogP contribution in [0.4, 0.5) is 0 Å². The number of hydrogen-bond acceptors (Lipinski definition) is 3. The van der Waals surface area contributed by atoms with Crippen LogP contribution in [0.3, 0.4) is 0 Å². The van der Waals surface area contributed by atoms with Crippen molar-refractivity contribution in [3.8, 4) is 0 Å². The van der Waals surface area contributed by atoms with Crippen LogP contribution in [-0.2, 0) is 4.79 Å². The van der Waals surface area contributed by atoms with Gasteiger partial charge in [0.1, 0.15) is 6.29 Å². The molecule has 1 unspecified atom stereocenters. The van der Waals surface area contributed by atoms with Crippen molar-refractivity contribution < 1.29 is 4.79 Å². The predicted octanol–water partition coefficient (Wildman–Crippen LogP) is 1.92. The number of likely N-dealkylation sites (N-methyl/N-ethyl adjacent to an activating group) is 2. The first-order valence-corrected chi connectivity index (χ1v) is 5.93. The summed E-state index contributed by atoms with van der Waals surface area (Å²) < 4.78 is 0. The summed E-state index contributed by atoms with van der Waals surface area (Å²) in [4.78, 5) is 12.5. The van der Waals surface area contributed by atoms with E-state index in [4.69, 9.17) is 0 Å². The van der Waals surface area contributed by atoms with E-state index in [0.717, 1.165) is 19.3 Å². The lowest BCUT2D eigenvalue weighted by Gasteiger charge is -2.26. The normalized spacial score (nSPS) is 12.3. The van der Waals surface area contributed by atoms with E-state index in [2.05, 4.69) is 31.1 Å². The molecule has 0 saturated heterocycles. The van der Waals surface area contributed by atoms with Gasteiger partial charge in [0, 0.05) is 25.0 Å². The van der Waals surface area contributed by atoms with Gasteiger partial charge in [0.05, 0.1) is 0 Å². The molecule has 1 atom stereocenters. The SMILES string of the molecule is CC.CNC(CCC=O)CN(C)C(C)C. The predicted molar refractivity (Wildman–Crippen MR) is 67.3 cm³/mol. The quantitative estimate of drug-likeness (QED) is 0.660. The fourth-order valence-electron chi connectivity index (χ4n) is 1.15. The molecule has 0 bridgehead atoms. The van der Waals surface area contributed by atoms with Crippen LogP contribution >= 0.6 is 0 Å². The second kappa shape index (κ2) is 11.7. The minimum absolute atomic E-state index is 0.428.